The van der Waals surface area contributed by atoms with E-state index in [9.17, 15) is 4.79 Å². The Balaban J connectivity index is 1.83. The van der Waals surface area contributed by atoms with Gasteiger partial charge in [-0.1, -0.05) is 30.3 Å². The number of ketones is 1. The minimum atomic E-state index is -0.0961. The van der Waals surface area contributed by atoms with Gasteiger partial charge in [-0.3, -0.25) is 4.79 Å². The third-order valence-electron chi connectivity index (χ3n) is 2.97. The molecule has 4 heteroatoms. The lowest BCUT2D eigenvalue weighted by Crippen LogP contribution is -2.18. The molecule has 0 amide bonds. The molecule has 0 spiro atoms. The molecule has 2 heterocycles. The molecule has 1 fully saturated rings. The molecular weight excluding hydrogens is 246 g/mol. The van der Waals surface area contributed by atoms with Crippen LogP contribution in [0.25, 0.3) is 10.6 Å². The second-order valence-electron chi connectivity index (χ2n) is 4.29. The summed E-state index contributed by atoms with van der Waals surface area (Å²) in [4.78, 5) is 16.9. The van der Waals surface area contributed by atoms with Crippen LogP contribution in [-0.2, 0) is 9.53 Å². The van der Waals surface area contributed by atoms with Gasteiger partial charge in [0.1, 0.15) is 16.9 Å². The van der Waals surface area contributed by atoms with Crippen LogP contribution >= 0.6 is 11.3 Å². The second-order valence-corrected chi connectivity index (χ2v) is 5.35. The van der Waals surface area contributed by atoms with E-state index >= 15 is 0 Å². The molecule has 2 aromatic rings. The van der Waals surface area contributed by atoms with Gasteiger partial charge < -0.3 is 4.74 Å². The van der Waals surface area contributed by atoms with Crippen molar-refractivity contribution >= 4 is 17.1 Å². The zero-order chi connectivity index (χ0) is 12.4. The van der Waals surface area contributed by atoms with Gasteiger partial charge in [-0.05, 0) is 0 Å². The third-order valence-corrected chi connectivity index (χ3v) is 4.11. The predicted molar refractivity (Wildman–Crippen MR) is 70.5 cm³/mol. The Kier molecular flexibility index (Phi) is 3.21. The van der Waals surface area contributed by atoms with Gasteiger partial charge in [-0.2, -0.15) is 0 Å². The lowest BCUT2D eigenvalue weighted by molar-refractivity contribution is -0.128. The monoisotopic (exact) mass is 259 g/mol. The van der Waals surface area contributed by atoms with Crippen molar-refractivity contribution in [2.45, 2.75) is 18.9 Å². The first-order valence-electron chi connectivity index (χ1n) is 5.97. The highest BCUT2D eigenvalue weighted by Gasteiger charge is 2.23. The molecule has 0 aliphatic carbocycles. The minimum Gasteiger partial charge on any atom is -0.372 e. The molecule has 0 N–H and O–H groups in total. The van der Waals surface area contributed by atoms with Crippen LogP contribution in [0.5, 0.6) is 0 Å². The molecule has 1 aliphatic rings. The maximum Gasteiger partial charge on any atom is 0.138 e. The zero-order valence-electron chi connectivity index (χ0n) is 9.83. The largest absolute Gasteiger partial charge is 0.372 e. The van der Waals surface area contributed by atoms with Crippen LogP contribution in [0.1, 0.15) is 23.8 Å². The molecule has 92 valence electrons. The first-order chi connectivity index (χ1) is 8.83. The summed E-state index contributed by atoms with van der Waals surface area (Å²) in [5, 5.41) is 0.979. The Morgan fingerprint density at radius 1 is 1.28 bits per heavy atom. The van der Waals surface area contributed by atoms with Crippen LogP contribution in [-0.4, -0.2) is 17.4 Å². The van der Waals surface area contributed by atoms with Crippen molar-refractivity contribution in [2.75, 3.05) is 6.61 Å². The quantitative estimate of drug-likeness (QED) is 0.831. The Morgan fingerprint density at radius 2 is 2.11 bits per heavy atom. The fourth-order valence-corrected chi connectivity index (χ4v) is 2.99. The van der Waals surface area contributed by atoms with E-state index < -0.39 is 0 Å². The van der Waals surface area contributed by atoms with Crippen molar-refractivity contribution in [3.63, 3.8) is 0 Å². The molecule has 18 heavy (non-hydrogen) atoms. The van der Waals surface area contributed by atoms with Crippen LogP contribution in [0.3, 0.4) is 0 Å². The summed E-state index contributed by atoms with van der Waals surface area (Å²) in [6, 6.07) is 10.1. The third kappa shape index (κ3) is 2.35. The summed E-state index contributed by atoms with van der Waals surface area (Å²) in [7, 11) is 0. The van der Waals surface area contributed by atoms with E-state index in [2.05, 4.69) is 4.98 Å². The average molecular weight is 259 g/mol. The Morgan fingerprint density at radius 3 is 2.89 bits per heavy atom. The van der Waals surface area contributed by atoms with Crippen LogP contribution < -0.4 is 0 Å². The van der Waals surface area contributed by atoms with Gasteiger partial charge in [0.05, 0.1) is 11.5 Å². The molecule has 1 saturated heterocycles. The van der Waals surface area contributed by atoms with E-state index in [4.69, 9.17) is 4.74 Å². The number of nitrogens with zero attached hydrogens (tertiary/aromatic N) is 1. The van der Waals surface area contributed by atoms with Gasteiger partial charge in [-0.25, -0.2) is 4.98 Å². The Labute approximate surface area is 109 Å². The summed E-state index contributed by atoms with van der Waals surface area (Å²) in [6.07, 6.45) is 2.76. The highest BCUT2D eigenvalue weighted by atomic mass is 32.1. The normalized spacial score (nSPS) is 20.0. The number of aromatic nitrogens is 1. The summed E-state index contributed by atoms with van der Waals surface area (Å²) in [5.41, 5.74) is 1.11. The number of Topliss-reactive ketones (excluding diaryl/α,β-unsaturated/α-hetero) is 1. The van der Waals surface area contributed by atoms with Crippen molar-refractivity contribution in [1.29, 1.82) is 0 Å². The number of carbonyl (C=O) groups excluding carboxylic acids is 1. The number of hydrogen-bond donors (Lipinski definition) is 0. The number of ether oxygens (including phenoxy) is 1. The maximum absolute atomic E-state index is 11.4. The number of hydrogen-bond acceptors (Lipinski definition) is 4. The van der Waals surface area contributed by atoms with Gasteiger partial charge in [-0.15, -0.1) is 11.3 Å². The Bertz CT molecular complexity index is 550. The molecule has 1 aromatic heterocycles. The zero-order valence-corrected chi connectivity index (χ0v) is 10.7. The summed E-state index contributed by atoms with van der Waals surface area (Å²) in [6.45, 7) is 0.530. The van der Waals surface area contributed by atoms with Gasteiger partial charge in [0, 0.05) is 24.6 Å². The van der Waals surface area contributed by atoms with Gasteiger partial charge in [0.25, 0.3) is 0 Å². The van der Waals surface area contributed by atoms with Crippen molar-refractivity contribution in [2.24, 2.45) is 0 Å². The number of thiazole rings is 1. The molecule has 1 aromatic carbocycles. The predicted octanol–water partition coefficient (Wildman–Crippen LogP) is 3.23. The second kappa shape index (κ2) is 5.00. The maximum atomic E-state index is 11.4. The van der Waals surface area contributed by atoms with E-state index in [1.165, 1.54) is 0 Å². The molecule has 0 bridgehead atoms. The summed E-state index contributed by atoms with van der Waals surface area (Å²) in [5.74, 6) is 0.279. The molecule has 1 atom stereocenters. The van der Waals surface area contributed by atoms with Gasteiger partial charge >= 0.3 is 0 Å². The lowest BCUT2D eigenvalue weighted by atomic mass is 10.1. The highest BCUT2D eigenvalue weighted by molar-refractivity contribution is 7.15. The standard InChI is InChI=1S/C14H13NO2S/c16-11-6-7-17-12(8-11)13-9-15-14(18-13)10-4-2-1-3-5-10/h1-5,9,12H,6-8H2. The molecule has 1 aliphatic heterocycles. The summed E-state index contributed by atoms with van der Waals surface area (Å²) < 4.78 is 5.63. The number of carbonyl (C=O) groups is 1. The fourth-order valence-electron chi connectivity index (χ4n) is 2.02. The lowest BCUT2D eigenvalue weighted by Gasteiger charge is -2.19. The molecule has 0 saturated carbocycles. The molecule has 1 unspecified atom stereocenters. The smallest absolute Gasteiger partial charge is 0.138 e. The van der Waals surface area contributed by atoms with Crippen LogP contribution in [0.4, 0.5) is 0 Å². The van der Waals surface area contributed by atoms with Crippen LogP contribution in [0, 0.1) is 0 Å². The van der Waals surface area contributed by atoms with Crippen LogP contribution in [0.15, 0.2) is 36.5 Å². The average Bonchev–Trinajstić information content (AvgIpc) is 2.89. The minimum absolute atomic E-state index is 0.0961. The molecule has 3 nitrogen and oxygen atoms in total. The van der Waals surface area contributed by atoms with Gasteiger partial charge in [0.15, 0.2) is 0 Å². The number of rotatable bonds is 2. The SMILES string of the molecule is O=C1CCOC(c2cnc(-c3ccccc3)s2)C1. The number of benzene rings is 1. The molecular formula is C14H13NO2S. The van der Waals surface area contributed by atoms with E-state index in [1.54, 1.807) is 11.3 Å². The van der Waals surface area contributed by atoms with E-state index in [1.807, 2.05) is 36.5 Å². The van der Waals surface area contributed by atoms with Crippen LogP contribution in [0.2, 0.25) is 0 Å². The first kappa shape index (κ1) is 11.6. The summed E-state index contributed by atoms with van der Waals surface area (Å²) >= 11 is 1.61. The first-order valence-corrected chi connectivity index (χ1v) is 6.79. The Hall–Kier alpha value is -1.52. The van der Waals surface area contributed by atoms with E-state index in [0.29, 0.717) is 19.4 Å². The van der Waals surface area contributed by atoms with E-state index in [0.717, 1.165) is 15.4 Å². The molecule has 3 rings (SSSR count). The van der Waals surface area contributed by atoms with E-state index in [-0.39, 0.29) is 11.9 Å². The molecule has 0 radical (unpaired) electrons. The van der Waals surface area contributed by atoms with Crippen molar-refractivity contribution < 1.29 is 9.53 Å². The van der Waals surface area contributed by atoms with Crippen molar-refractivity contribution in [3.05, 3.63) is 41.4 Å². The topological polar surface area (TPSA) is 39.2 Å². The fraction of sp³-hybridized carbons (Fsp3) is 0.286. The van der Waals surface area contributed by atoms with Gasteiger partial charge in [0.2, 0.25) is 0 Å². The van der Waals surface area contributed by atoms with Crippen molar-refractivity contribution in [3.8, 4) is 10.6 Å². The highest BCUT2D eigenvalue weighted by Crippen LogP contribution is 2.33. The van der Waals surface area contributed by atoms with Crippen molar-refractivity contribution in [1.82, 2.24) is 4.98 Å².